The minimum absolute atomic E-state index is 0.0193. The van der Waals surface area contributed by atoms with Crippen LogP contribution in [0.4, 0.5) is 0 Å². The Hall–Kier alpha value is -3.05. The molecule has 1 aliphatic carbocycles. The van der Waals surface area contributed by atoms with Crippen LogP contribution in [0.3, 0.4) is 0 Å². The zero-order chi connectivity index (χ0) is 18.1. The smallest absolute Gasteiger partial charge is 0.119 e. The third-order valence-electron chi connectivity index (χ3n) is 5.17. The Labute approximate surface area is 149 Å². The van der Waals surface area contributed by atoms with Crippen molar-refractivity contribution in [1.82, 2.24) is 0 Å². The van der Waals surface area contributed by atoms with Gasteiger partial charge in [0.25, 0.3) is 0 Å². The number of rotatable bonds is 3. The number of hydrogen-bond acceptors (Lipinski definition) is 2. The molecule has 0 fully saturated rings. The van der Waals surface area contributed by atoms with E-state index in [2.05, 4.69) is 38.3 Å². The van der Waals surface area contributed by atoms with Crippen molar-refractivity contribution < 1.29 is 5.11 Å². The maximum Gasteiger partial charge on any atom is 0.119 e. The molecule has 0 aromatic heterocycles. The highest BCUT2D eigenvalue weighted by Gasteiger charge is 2.35. The van der Waals surface area contributed by atoms with Crippen LogP contribution in [0.1, 0.15) is 53.5 Å². The lowest BCUT2D eigenvalue weighted by molar-refractivity contribution is 0.463. The predicted octanol–water partition coefficient (Wildman–Crippen LogP) is 5.55. The fourth-order valence-corrected chi connectivity index (χ4v) is 3.91. The molecule has 0 radical (unpaired) electrons. The van der Waals surface area contributed by atoms with Gasteiger partial charge in [0.15, 0.2) is 0 Å². The topological polar surface area (TPSA) is 44.0 Å². The van der Waals surface area contributed by atoms with E-state index in [0.29, 0.717) is 5.56 Å². The predicted molar refractivity (Wildman–Crippen MR) is 102 cm³/mol. The van der Waals surface area contributed by atoms with Gasteiger partial charge in [0.1, 0.15) is 5.75 Å². The van der Waals surface area contributed by atoms with Crippen LogP contribution in [0.2, 0.25) is 0 Å². The van der Waals surface area contributed by atoms with Crippen molar-refractivity contribution >= 4 is 0 Å². The van der Waals surface area contributed by atoms with Gasteiger partial charge in [-0.1, -0.05) is 56.5 Å². The van der Waals surface area contributed by atoms with Gasteiger partial charge >= 0.3 is 0 Å². The molecule has 0 amide bonds. The largest absolute Gasteiger partial charge is 0.508 e. The van der Waals surface area contributed by atoms with E-state index in [4.69, 9.17) is 0 Å². The minimum atomic E-state index is -0.139. The standard InChI is InChI=1S/C23H21NO/c1-5-14(3)17(6-2)23-19-10-8-7-9-18(19)15(4)21-20(25)12-11-16(13-24)22(21)23/h5-12,15,23,25H,1-2H2,3-4H3/b17-14+. The second-order valence-electron chi connectivity index (χ2n) is 6.40. The summed E-state index contributed by atoms with van der Waals surface area (Å²) < 4.78 is 0. The number of aromatic hydroxyl groups is 1. The van der Waals surface area contributed by atoms with Crippen LogP contribution in [0.15, 0.2) is 72.9 Å². The molecule has 1 aliphatic rings. The zero-order valence-corrected chi connectivity index (χ0v) is 14.6. The second kappa shape index (κ2) is 6.45. The van der Waals surface area contributed by atoms with Crippen LogP contribution in [0.25, 0.3) is 0 Å². The van der Waals surface area contributed by atoms with Gasteiger partial charge in [0.2, 0.25) is 0 Å². The normalized spacial score (nSPS) is 19.1. The van der Waals surface area contributed by atoms with Gasteiger partial charge in [-0.15, -0.1) is 0 Å². The molecule has 124 valence electrons. The highest BCUT2D eigenvalue weighted by atomic mass is 16.3. The van der Waals surface area contributed by atoms with Crippen LogP contribution < -0.4 is 0 Å². The molecule has 2 aromatic rings. The Morgan fingerprint density at radius 1 is 1.08 bits per heavy atom. The Balaban J connectivity index is 2.47. The number of nitriles is 1. The summed E-state index contributed by atoms with van der Waals surface area (Å²) in [5, 5.41) is 20.3. The average Bonchev–Trinajstić information content (AvgIpc) is 2.64. The summed E-state index contributed by atoms with van der Waals surface area (Å²) in [7, 11) is 0. The number of nitrogens with zero attached hydrogens (tertiary/aromatic N) is 1. The van der Waals surface area contributed by atoms with Crippen LogP contribution in [-0.2, 0) is 0 Å². The monoisotopic (exact) mass is 327 g/mol. The lowest BCUT2D eigenvalue weighted by atomic mass is 9.68. The Morgan fingerprint density at radius 2 is 1.76 bits per heavy atom. The summed E-state index contributed by atoms with van der Waals surface area (Å²) in [4.78, 5) is 0. The van der Waals surface area contributed by atoms with Crippen molar-refractivity contribution in [2.24, 2.45) is 0 Å². The molecule has 2 unspecified atom stereocenters. The van der Waals surface area contributed by atoms with Crippen molar-refractivity contribution in [1.29, 1.82) is 5.26 Å². The van der Waals surface area contributed by atoms with Crippen LogP contribution in [0, 0.1) is 11.3 Å². The van der Waals surface area contributed by atoms with E-state index in [1.54, 1.807) is 12.1 Å². The summed E-state index contributed by atoms with van der Waals surface area (Å²) in [6.07, 6.45) is 3.65. The number of hydrogen-bond donors (Lipinski definition) is 1. The lowest BCUT2D eigenvalue weighted by Gasteiger charge is -2.35. The quantitative estimate of drug-likeness (QED) is 0.751. The van der Waals surface area contributed by atoms with E-state index >= 15 is 0 Å². The zero-order valence-electron chi connectivity index (χ0n) is 14.6. The number of benzene rings is 2. The maximum absolute atomic E-state index is 10.6. The van der Waals surface area contributed by atoms with Gasteiger partial charge in [-0.25, -0.2) is 0 Å². The van der Waals surface area contributed by atoms with Gasteiger partial charge in [-0.05, 0) is 46.9 Å². The summed E-state index contributed by atoms with van der Waals surface area (Å²) in [6, 6.07) is 13.9. The van der Waals surface area contributed by atoms with E-state index in [9.17, 15) is 10.4 Å². The van der Waals surface area contributed by atoms with E-state index in [0.717, 1.165) is 27.8 Å². The first kappa shape index (κ1) is 16.8. The molecule has 0 saturated heterocycles. The number of fused-ring (bicyclic) bond motifs is 2. The second-order valence-corrected chi connectivity index (χ2v) is 6.40. The van der Waals surface area contributed by atoms with Crippen LogP contribution >= 0.6 is 0 Å². The minimum Gasteiger partial charge on any atom is -0.508 e. The third-order valence-corrected chi connectivity index (χ3v) is 5.17. The molecule has 2 nitrogen and oxygen atoms in total. The molecule has 2 aromatic carbocycles. The summed E-state index contributed by atoms with van der Waals surface area (Å²) in [5.41, 5.74) is 6.65. The average molecular weight is 327 g/mol. The third kappa shape index (κ3) is 2.49. The van der Waals surface area contributed by atoms with Crippen molar-refractivity contribution in [2.75, 3.05) is 0 Å². The van der Waals surface area contributed by atoms with Gasteiger partial charge in [0, 0.05) is 17.4 Å². The van der Waals surface area contributed by atoms with Crippen LogP contribution in [-0.4, -0.2) is 5.11 Å². The highest BCUT2D eigenvalue weighted by Crippen LogP contribution is 2.50. The fraction of sp³-hybridized carbons (Fsp3) is 0.174. The number of allylic oxidation sites excluding steroid dienone is 4. The van der Waals surface area contributed by atoms with Gasteiger partial charge in [-0.3, -0.25) is 0 Å². The molecular formula is C23H21NO. The molecule has 0 spiro atoms. The number of phenols is 1. The first-order chi connectivity index (χ1) is 12.0. The van der Waals surface area contributed by atoms with E-state index in [1.165, 1.54) is 5.56 Å². The van der Waals surface area contributed by atoms with E-state index < -0.39 is 0 Å². The molecule has 2 atom stereocenters. The molecule has 0 bridgehead atoms. The molecule has 25 heavy (non-hydrogen) atoms. The molecule has 1 N–H and O–H groups in total. The lowest BCUT2D eigenvalue weighted by Crippen LogP contribution is -2.20. The Morgan fingerprint density at radius 3 is 2.36 bits per heavy atom. The summed E-state index contributed by atoms with van der Waals surface area (Å²) in [5.74, 6) is 0.117. The van der Waals surface area contributed by atoms with E-state index in [1.807, 2.05) is 31.2 Å². The molecule has 2 heteroatoms. The van der Waals surface area contributed by atoms with Crippen molar-refractivity contribution in [2.45, 2.75) is 25.7 Å². The van der Waals surface area contributed by atoms with E-state index in [-0.39, 0.29) is 17.6 Å². The highest BCUT2D eigenvalue weighted by molar-refractivity contribution is 5.66. The van der Waals surface area contributed by atoms with Crippen LogP contribution in [0.5, 0.6) is 5.75 Å². The first-order valence-corrected chi connectivity index (χ1v) is 8.35. The van der Waals surface area contributed by atoms with Crippen molar-refractivity contribution in [3.05, 3.63) is 101 Å². The van der Waals surface area contributed by atoms with Crippen molar-refractivity contribution in [3.8, 4) is 11.8 Å². The fourth-order valence-electron chi connectivity index (χ4n) is 3.91. The number of phenolic OH excluding ortho intramolecular Hbond substituents is 1. The summed E-state index contributed by atoms with van der Waals surface area (Å²) >= 11 is 0. The maximum atomic E-state index is 10.6. The van der Waals surface area contributed by atoms with Crippen molar-refractivity contribution in [3.63, 3.8) is 0 Å². The SMILES string of the molecule is C=C/C(C)=C(\C=C)C1c2ccccc2C(C)c2c(O)ccc(C#N)c21. The summed E-state index contributed by atoms with van der Waals surface area (Å²) in [6.45, 7) is 12.0. The molecule has 0 heterocycles. The first-order valence-electron chi connectivity index (χ1n) is 8.35. The van der Waals surface area contributed by atoms with Gasteiger partial charge < -0.3 is 5.11 Å². The van der Waals surface area contributed by atoms with Gasteiger partial charge in [-0.2, -0.15) is 5.26 Å². The molecule has 0 saturated carbocycles. The molecule has 0 aliphatic heterocycles. The van der Waals surface area contributed by atoms with Gasteiger partial charge in [0.05, 0.1) is 11.6 Å². The Kier molecular flexibility index (Phi) is 4.33. The molecular weight excluding hydrogens is 306 g/mol. The molecule has 3 rings (SSSR count). The Bertz CT molecular complexity index is 943.